The third-order valence-corrected chi connectivity index (χ3v) is 3.69. The molecule has 4 nitrogen and oxygen atoms in total. The first-order valence-corrected chi connectivity index (χ1v) is 6.52. The average Bonchev–Trinajstić information content (AvgIpc) is 2.89. The minimum absolute atomic E-state index is 0.264. The van der Waals surface area contributed by atoms with Crippen molar-refractivity contribution >= 4 is 22.7 Å². The van der Waals surface area contributed by atoms with E-state index in [0.717, 1.165) is 22.3 Å². The van der Waals surface area contributed by atoms with Gasteiger partial charge in [-0.15, -0.1) is 21.5 Å². The van der Waals surface area contributed by atoms with Crippen molar-refractivity contribution in [1.29, 1.82) is 0 Å². The van der Waals surface area contributed by atoms with E-state index in [1.165, 1.54) is 0 Å². The molecule has 6 heteroatoms. The highest BCUT2D eigenvalue weighted by Gasteiger charge is 2.12. The lowest BCUT2D eigenvalue weighted by molar-refractivity contribution is 0.590. The topological polar surface area (TPSA) is 50.7 Å². The molecule has 0 bridgehead atoms. The van der Waals surface area contributed by atoms with Crippen LogP contribution in [0.2, 0.25) is 0 Å². The largest absolute Gasteiger partial charge is 0.308 e. The highest BCUT2D eigenvalue weighted by Crippen LogP contribution is 2.26. The number of rotatable bonds is 4. The molecule has 2 aromatic rings. The first kappa shape index (κ1) is 10.7. The average molecular weight is 240 g/mol. The standard InChI is InChI=1S/C9H12N4S2/c1-3-10-6(2)8-12-13-9(15-8)7-4-14-5-11-7/h4-6,10H,3H2,1-2H3. The maximum Gasteiger partial charge on any atom is 0.167 e. The molecule has 1 unspecified atom stereocenters. The van der Waals surface area contributed by atoms with Gasteiger partial charge in [-0.2, -0.15) is 0 Å². The predicted octanol–water partition coefficient (Wildman–Crippen LogP) is 2.33. The van der Waals surface area contributed by atoms with Crippen LogP contribution < -0.4 is 5.32 Å². The second kappa shape index (κ2) is 4.78. The fourth-order valence-corrected chi connectivity index (χ4v) is 2.67. The van der Waals surface area contributed by atoms with Gasteiger partial charge in [0.15, 0.2) is 5.01 Å². The Balaban J connectivity index is 2.17. The summed E-state index contributed by atoms with van der Waals surface area (Å²) in [6, 6.07) is 0.264. The Morgan fingerprint density at radius 1 is 1.47 bits per heavy atom. The molecule has 2 rings (SSSR count). The summed E-state index contributed by atoms with van der Waals surface area (Å²) in [7, 11) is 0. The van der Waals surface area contributed by atoms with Crippen molar-refractivity contribution in [2.45, 2.75) is 19.9 Å². The predicted molar refractivity (Wildman–Crippen MR) is 63.1 cm³/mol. The zero-order chi connectivity index (χ0) is 10.7. The number of thiazole rings is 1. The van der Waals surface area contributed by atoms with Crippen LogP contribution in [0.4, 0.5) is 0 Å². The number of nitrogens with zero attached hydrogens (tertiary/aromatic N) is 3. The maximum absolute atomic E-state index is 4.21. The van der Waals surface area contributed by atoms with Crippen LogP contribution in [-0.4, -0.2) is 21.7 Å². The minimum Gasteiger partial charge on any atom is -0.308 e. The van der Waals surface area contributed by atoms with Gasteiger partial charge in [0, 0.05) is 5.38 Å². The van der Waals surface area contributed by atoms with Gasteiger partial charge in [0.05, 0.1) is 11.6 Å². The number of hydrogen-bond donors (Lipinski definition) is 1. The molecule has 0 amide bonds. The Labute approximate surface area is 96.4 Å². The van der Waals surface area contributed by atoms with Gasteiger partial charge in [0.1, 0.15) is 10.7 Å². The molecule has 1 N–H and O–H groups in total. The fraction of sp³-hybridized carbons (Fsp3) is 0.444. The van der Waals surface area contributed by atoms with Crippen molar-refractivity contribution in [3.05, 3.63) is 15.9 Å². The van der Waals surface area contributed by atoms with E-state index in [0.29, 0.717) is 0 Å². The minimum atomic E-state index is 0.264. The highest BCUT2D eigenvalue weighted by molar-refractivity contribution is 7.15. The van der Waals surface area contributed by atoms with Gasteiger partial charge in [-0.3, -0.25) is 0 Å². The molecule has 0 aliphatic carbocycles. The van der Waals surface area contributed by atoms with Crippen molar-refractivity contribution in [1.82, 2.24) is 20.5 Å². The first-order chi connectivity index (χ1) is 7.31. The van der Waals surface area contributed by atoms with Gasteiger partial charge < -0.3 is 5.32 Å². The van der Waals surface area contributed by atoms with Crippen molar-refractivity contribution in [3.63, 3.8) is 0 Å². The number of nitrogens with one attached hydrogen (secondary N) is 1. The maximum atomic E-state index is 4.21. The van der Waals surface area contributed by atoms with E-state index in [2.05, 4.69) is 34.3 Å². The first-order valence-electron chi connectivity index (χ1n) is 4.76. The summed E-state index contributed by atoms with van der Waals surface area (Å²) >= 11 is 3.17. The van der Waals surface area contributed by atoms with E-state index >= 15 is 0 Å². The summed E-state index contributed by atoms with van der Waals surface area (Å²) < 4.78 is 0. The molecular formula is C9H12N4S2. The molecule has 80 valence electrons. The smallest absolute Gasteiger partial charge is 0.167 e. The number of hydrogen-bond acceptors (Lipinski definition) is 6. The summed E-state index contributed by atoms with van der Waals surface area (Å²) in [5, 5.41) is 15.5. The molecule has 0 aliphatic heterocycles. The molecule has 0 spiro atoms. The van der Waals surface area contributed by atoms with Crippen LogP contribution >= 0.6 is 22.7 Å². The lowest BCUT2D eigenvalue weighted by atomic mass is 10.3. The van der Waals surface area contributed by atoms with Crippen molar-refractivity contribution in [3.8, 4) is 10.7 Å². The molecule has 0 fully saturated rings. The van der Waals surface area contributed by atoms with Crippen LogP contribution in [0.15, 0.2) is 10.9 Å². The summed E-state index contributed by atoms with van der Waals surface area (Å²) in [4.78, 5) is 4.21. The zero-order valence-electron chi connectivity index (χ0n) is 8.60. The van der Waals surface area contributed by atoms with Crippen molar-refractivity contribution in [2.75, 3.05) is 6.54 Å². The highest BCUT2D eigenvalue weighted by atomic mass is 32.1. The third kappa shape index (κ3) is 2.39. The molecule has 0 aromatic carbocycles. The van der Waals surface area contributed by atoms with Crippen LogP contribution in [0.1, 0.15) is 24.9 Å². The summed E-state index contributed by atoms with van der Waals surface area (Å²) in [6.07, 6.45) is 0. The Hall–Kier alpha value is -0.850. The molecule has 2 aromatic heterocycles. The lowest BCUT2D eigenvalue weighted by Crippen LogP contribution is -2.17. The van der Waals surface area contributed by atoms with Crippen LogP contribution in [0.25, 0.3) is 10.7 Å². The Morgan fingerprint density at radius 2 is 2.33 bits per heavy atom. The number of aromatic nitrogens is 3. The van der Waals surface area contributed by atoms with E-state index in [-0.39, 0.29) is 6.04 Å². The molecular weight excluding hydrogens is 228 g/mol. The van der Waals surface area contributed by atoms with Gasteiger partial charge >= 0.3 is 0 Å². The lowest BCUT2D eigenvalue weighted by Gasteiger charge is -2.06. The Kier molecular flexibility index (Phi) is 3.40. The van der Waals surface area contributed by atoms with Crippen LogP contribution in [-0.2, 0) is 0 Å². The van der Waals surface area contributed by atoms with Gasteiger partial charge in [0.2, 0.25) is 0 Å². The molecule has 0 aliphatic rings. The van der Waals surface area contributed by atoms with Gasteiger partial charge in [-0.05, 0) is 13.5 Å². The van der Waals surface area contributed by atoms with E-state index in [1.54, 1.807) is 22.7 Å². The molecule has 1 atom stereocenters. The van der Waals surface area contributed by atoms with E-state index in [4.69, 9.17) is 0 Å². The normalized spacial score (nSPS) is 12.9. The van der Waals surface area contributed by atoms with Crippen molar-refractivity contribution in [2.24, 2.45) is 0 Å². The summed E-state index contributed by atoms with van der Waals surface area (Å²) in [5.74, 6) is 0. The van der Waals surface area contributed by atoms with E-state index in [9.17, 15) is 0 Å². The van der Waals surface area contributed by atoms with Gasteiger partial charge in [-0.1, -0.05) is 18.3 Å². The quantitative estimate of drug-likeness (QED) is 0.891. The summed E-state index contributed by atoms with van der Waals surface area (Å²) in [6.45, 7) is 5.11. The monoisotopic (exact) mass is 240 g/mol. The van der Waals surface area contributed by atoms with Crippen LogP contribution in [0.3, 0.4) is 0 Å². The van der Waals surface area contributed by atoms with Gasteiger partial charge in [0.25, 0.3) is 0 Å². The molecule has 0 radical (unpaired) electrons. The second-order valence-corrected chi connectivity index (χ2v) is 4.83. The van der Waals surface area contributed by atoms with Gasteiger partial charge in [-0.25, -0.2) is 4.98 Å². The molecule has 2 heterocycles. The van der Waals surface area contributed by atoms with Crippen LogP contribution in [0, 0.1) is 0 Å². The zero-order valence-corrected chi connectivity index (χ0v) is 10.2. The van der Waals surface area contributed by atoms with E-state index in [1.807, 2.05) is 10.9 Å². The third-order valence-electron chi connectivity index (χ3n) is 1.97. The Morgan fingerprint density at radius 3 is 3.00 bits per heavy atom. The SMILES string of the molecule is CCNC(C)c1nnc(-c2cscn2)s1. The van der Waals surface area contributed by atoms with Crippen molar-refractivity contribution < 1.29 is 0 Å². The fourth-order valence-electron chi connectivity index (χ4n) is 1.22. The molecule has 0 saturated carbocycles. The Bertz CT molecular complexity index is 409. The molecule has 15 heavy (non-hydrogen) atoms. The van der Waals surface area contributed by atoms with E-state index < -0.39 is 0 Å². The second-order valence-electron chi connectivity index (χ2n) is 3.10. The summed E-state index contributed by atoms with van der Waals surface area (Å²) in [5.41, 5.74) is 2.73. The molecule has 0 saturated heterocycles. The van der Waals surface area contributed by atoms with Crippen LogP contribution in [0.5, 0.6) is 0 Å².